The maximum Gasteiger partial charge on any atom is 0.244 e. The van der Waals surface area contributed by atoms with Gasteiger partial charge in [-0.1, -0.05) is 12.1 Å². The number of anilines is 1. The van der Waals surface area contributed by atoms with Gasteiger partial charge in [-0.2, -0.15) is 0 Å². The summed E-state index contributed by atoms with van der Waals surface area (Å²) in [6.07, 6.45) is 0.0520. The average Bonchev–Trinajstić information content (AvgIpc) is 2.64. The van der Waals surface area contributed by atoms with Crippen molar-refractivity contribution >= 4 is 11.6 Å². The molecule has 2 atom stereocenters. The Bertz CT molecular complexity index is 392. The first-order chi connectivity index (χ1) is 7.66. The minimum atomic E-state index is -0.579. The van der Waals surface area contributed by atoms with Crippen molar-refractivity contribution in [3.63, 3.8) is 0 Å². The summed E-state index contributed by atoms with van der Waals surface area (Å²) in [4.78, 5) is 11.8. The summed E-state index contributed by atoms with van der Waals surface area (Å²) in [6.45, 7) is 2.66. The molecule has 4 heteroatoms. The number of rotatable bonds is 2. The molecule has 3 N–H and O–H groups in total. The molecule has 0 bridgehead atoms. The first-order valence-corrected chi connectivity index (χ1v) is 5.46. The number of amides is 1. The van der Waals surface area contributed by atoms with E-state index in [-0.39, 0.29) is 5.91 Å². The molecule has 4 nitrogen and oxygen atoms in total. The van der Waals surface area contributed by atoms with E-state index >= 15 is 0 Å². The lowest BCUT2D eigenvalue weighted by Crippen LogP contribution is -2.42. The molecule has 1 heterocycles. The molecule has 0 saturated carbocycles. The molecule has 2 rings (SSSR count). The van der Waals surface area contributed by atoms with Crippen LogP contribution in [0.1, 0.15) is 12.0 Å². The summed E-state index contributed by atoms with van der Waals surface area (Å²) in [5.74, 6) is -0.171. The van der Waals surface area contributed by atoms with Crippen LogP contribution in [0, 0.1) is 6.92 Å². The SMILES string of the molecule is Cc1cccc(NC(=O)[C@H]2NCC[C@H]2O)c1. The maximum atomic E-state index is 11.8. The number of aliphatic hydroxyl groups excluding tert-OH is 1. The van der Waals surface area contributed by atoms with Crippen LogP contribution < -0.4 is 10.6 Å². The Morgan fingerprint density at radius 1 is 1.56 bits per heavy atom. The van der Waals surface area contributed by atoms with Crippen LogP contribution in [-0.4, -0.2) is 29.7 Å². The van der Waals surface area contributed by atoms with Gasteiger partial charge in [0, 0.05) is 5.69 Å². The molecule has 1 aromatic carbocycles. The highest BCUT2D eigenvalue weighted by atomic mass is 16.3. The Morgan fingerprint density at radius 3 is 3.00 bits per heavy atom. The zero-order valence-corrected chi connectivity index (χ0v) is 9.23. The molecule has 1 fully saturated rings. The van der Waals surface area contributed by atoms with Crippen molar-refractivity contribution in [2.24, 2.45) is 0 Å². The highest BCUT2D eigenvalue weighted by Gasteiger charge is 2.30. The second kappa shape index (κ2) is 4.63. The molecule has 1 aliphatic heterocycles. The fourth-order valence-electron chi connectivity index (χ4n) is 1.90. The van der Waals surface area contributed by atoms with Gasteiger partial charge in [0.05, 0.1) is 6.10 Å². The topological polar surface area (TPSA) is 61.4 Å². The molecule has 16 heavy (non-hydrogen) atoms. The molecule has 0 spiro atoms. The van der Waals surface area contributed by atoms with Gasteiger partial charge in [-0.05, 0) is 37.6 Å². The van der Waals surface area contributed by atoms with Crippen molar-refractivity contribution in [2.75, 3.05) is 11.9 Å². The lowest BCUT2D eigenvalue weighted by molar-refractivity contribution is -0.119. The first-order valence-electron chi connectivity index (χ1n) is 5.46. The smallest absolute Gasteiger partial charge is 0.244 e. The van der Waals surface area contributed by atoms with Gasteiger partial charge in [0.2, 0.25) is 5.91 Å². The number of hydrogen-bond donors (Lipinski definition) is 3. The van der Waals surface area contributed by atoms with E-state index in [1.54, 1.807) is 0 Å². The number of nitrogens with one attached hydrogen (secondary N) is 2. The zero-order chi connectivity index (χ0) is 11.5. The van der Waals surface area contributed by atoms with Crippen LogP contribution in [0.3, 0.4) is 0 Å². The Morgan fingerprint density at radius 2 is 2.38 bits per heavy atom. The van der Waals surface area contributed by atoms with Crippen LogP contribution in [0.15, 0.2) is 24.3 Å². The predicted octanol–water partition coefficient (Wildman–Crippen LogP) is 0.656. The average molecular weight is 220 g/mol. The van der Waals surface area contributed by atoms with E-state index in [1.165, 1.54) is 0 Å². The van der Waals surface area contributed by atoms with Crippen LogP contribution >= 0.6 is 0 Å². The Labute approximate surface area is 94.7 Å². The van der Waals surface area contributed by atoms with E-state index in [1.807, 2.05) is 31.2 Å². The van der Waals surface area contributed by atoms with E-state index in [2.05, 4.69) is 10.6 Å². The molecular formula is C12H16N2O2. The van der Waals surface area contributed by atoms with Crippen molar-refractivity contribution < 1.29 is 9.90 Å². The van der Waals surface area contributed by atoms with Gasteiger partial charge in [-0.15, -0.1) is 0 Å². The van der Waals surface area contributed by atoms with E-state index in [0.29, 0.717) is 13.0 Å². The van der Waals surface area contributed by atoms with Crippen LogP contribution in [-0.2, 0) is 4.79 Å². The number of aryl methyl sites for hydroxylation is 1. The van der Waals surface area contributed by atoms with Crippen LogP contribution in [0.25, 0.3) is 0 Å². The zero-order valence-electron chi connectivity index (χ0n) is 9.23. The highest BCUT2D eigenvalue weighted by Crippen LogP contribution is 2.13. The van der Waals surface area contributed by atoms with Crippen LogP contribution in [0.4, 0.5) is 5.69 Å². The van der Waals surface area contributed by atoms with E-state index in [4.69, 9.17) is 0 Å². The lowest BCUT2D eigenvalue weighted by Gasteiger charge is -2.14. The molecule has 0 unspecified atom stereocenters. The van der Waals surface area contributed by atoms with Gasteiger partial charge < -0.3 is 15.7 Å². The minimum Gasteiger partial charge on any atom is -0.391 e. The normalized spacial score (nSPS) is 24.4. The highest BCUT2D eigenvalue weighted by molar-refractivity contribution is 5.95. The van der Waals surface area contributed by atoms with Gasteiger partial charge in [0.25, 0.3) is 0 Å². The quantitative estimate of drug-likeness (QED) is 0.686. The molecule has 0 aliphatic carbocycles. The fraction of sp³-hybridized carbons (Fsp3) is 0.417. The predicted molar refractivity (Wildman–Crippen MR) is 62.2 cm³/mol. The maximum absolute atomic E-state index is 11.8. The second-order valence-corrected chi connectivity index (χ2v) is 4.15. The van der Waals surface area contributed by atoms with E-state index in [9.17, 15) is 9.90 Å². The van der Waals surface area contributed by atoms with Gasteiger partial charge >= 0.3 is 0 Å². The second-order valence-electron chi connectivity index (χ2n) is 4.15. The van der Waals surface area contributed by atoms with Gasteiger partial charge in [0.1, 0.15) is 6.04 Å². The Hall–Kier alpha value is -1.39. The molecule has 1 saturated heterocycles. The van der Waals surface area contributed by atoms with Gasteiger partial charge in [0.15, 0.2) is 0 Å². The number of carbonyl (C=O) groups excluding carboxylic acids is 1. The summed E-state index contributed by atoms with van der Waals surface area (Å²) < 4.78 is 0. The largest absolute Gasteiger partial charge is 0.391 e. The van der Waals surface area contributed by atoms with Crippen molar-refractivity contribution in [1.29, 1.82) is 0 Å². The van der Waals surface area contributed by atoms with Gasteiger partial charge in [-0.3, -0.25) is 4.79 Å². The molecule has 1 aromatic rings. The third-order valence-corrected chi connectivity index (χ3v) is 2.76. The summed E-state index contributed by atoms with van der Waals surface area (Å²) in [5.41, 5.74) is 1.86. The van der Waals surface area contributed by atoms with Crippen LogP contribution in [0.5, 0.6) is 0 Å². The molecule has 86 valence electrons. The molecule has 1 amide bonds. The van der Waals surface area contributed by atoms with E-state index < -0.39 is 12.1 Å². The Balaban J connectivity index is 2.02. The van der Waals surface area contributed by atoms with E-state index in [0.717, 1.165) is 11.3 Å². The molecule has 1 aliphatic rings. The van der Waals surface area contributed by atoms with Crippen molar-refractivity contribution in [3.05, 3.63) is 29.8 Å². The number of carbonyl (C=O) groups is 1. The first kappa shape index (κ1) is 11.1. The Kier molecular flexibility index (Phi) is 3.22. The van der Waals surface area contributed by atoms with Crippen molar-refractivity contribution in [2.45, 2.75) is 25.5 Å². The standard InChI is InChI=1S/C12H16N2O2/c1-8-3-2-4-9(7-8)14-12(16)11-10(15)5-6-13-11/h2-4,7,10-11,13,15H,5-6H2,1H3,(H,14,16)/t10-,11+/m1/s1. The molecule has 0 aromatic heterocycles. The van der Waals surface area contributed by atoms with Crippen LogP contribution in [0.2, 0.25) is 0 Å². The van der Waals surface area contributed by atoms with Gasteiger partial charge in [-0.25, -0.2) is 0 Å². The summed E-state index contributed by atoms with van der Waals surface area (Å²) in [5, 5.41) is 15.3. The third-order valence-electron chi connectivity index (χ3n) is 2.76. The third kappa shape index (κ3) is 2.40. The number of aliphatic hydroxyl groups is 1. The number of hydrogen-bond acceptors (Lipinski definition) is 3. The summed E-state index contributed by atoms with van der Waals surface area (Å²) >= 11 is 0. The summed E-state index contributed by atoms with van der Waals surface area (Å²) in [7, 11) is 0. The lowest BCUT2D eigenvalue weighted by atomic mass is 10.1. The molecule has 0 radical (unpaired) electrons. The minimum absolute atomic E-state index is 0.171. The number of benzene rings is 1. The summed E-state index contributed by atoms with van der Waals surface area (Å²) in [6, 6.07) is 7.12. The molecular weight excluding hydrogens is 204 g/mol. The fourth-order valence-corrected chi connectivity index (χ4v) is 1.90. The monoisotopic (exact) mass is 220 g/mol. The van der Waals surface area contributed by atoms with Crippen molar-refractivity contribution in [1.82, 2.24) is 5.32 Å². The van der Waals surface area contributed by atoms with Crippen molar-refractivity contribution in [3.8, 4) is 0 Å².